The Labute approximate surface area is 175 Å². The number of amides is 4. The van der Waals surface area contributed by atoms with E-state index in [2.05, 4.69) is 10.6 Å². The molecule has 2 aromatic carbocycles. The molecule has 0 atom stereocenters. The molecule has 7 nitrogen and oxygen atoms in total. The largest absolute Gasteiger partial charge is 0.352 e. The molecule has 1 aliphatic heterocycles. The van der Waals surface area contributed by atoms with Crippen molar-refractivity contribution in [2.24, 2.45) is 5.92 Å². The van der Waals surface area contributed by atoms with Crippen LogP contribution in [0.1, 0.15) is 53.0 Å². The second-order valence-corrected chi connectivity index (χ2v) is 7.53. The van der Waals surface area contributed by atoms with Crippen LogP contribution in [0.4, 0.5) is 5.69 Å². The summed E-state index contributed by atoms with van der Waals surface area (Å²) in [7, 11) is 0. The molecule has 0 saturated carbocycles. The number of benzene rings is 2. The predicted octanol–water partition coefficient (Wildman–Crippen LogP) is 2.97. The maximum absolute atomic E-state index is 12.3. The highest BCUT2D eigenvalue weighted by molar-refractivity contribution is 6.21. The van der Waals surface area contributed by atoms with E-state index in [-0.39, 0.29) is 42.5 Å². The van der Waals surface area contributed by atoms with Crippen LogP contribution in [-0.4, -0.2) is 35.1 Å². The minimum atomic E-state index is -0.309. The van der Waals surface area contributed by atoms with Crippen LogP contribution in [0.5, 0.6) is 0 Å². The topological polar surface area (TPSA) is 95.6 Å². The van der Waals surface area contributed by atoms with Gasteiger partial charge in [-0.2, -0.15) is 0 Å². The highest BCUT2D eigenvalue weighted by Crippen LogP contribution is 2.22. The third-order valence-corrected chi connectivity index (χ3v) is 4.87. The van der Waals surface area contributed by atoms with E-state index in [1.165, 1.54) is 4.90 Å². The van der Waals surface area contributed by atoms with Gasteiger partial charge in [-0.3, -0.25) is 24.1 Å². The maximum Gasteiger partial charge on any atom is 0.261 e. The molecular formula is C23H25N3O4. The standard InChI is InChI=1S/C23H25N3O4/c1-15(2)21(28)25-17-8-5-7-16(13-17)14-24-20(27)11-6-12-26-22(29)18-9-3-4-10-19(18)23(26)30/h3-5,7-10,13,15H,6,11-12,14H2,1-2H3,(H,24,27)(H,25,28). The number of fused-ring (bicyclic) bond motifs is 1. The second-order valence-electron chi connectivity index (χ2n) is 7.53. The first-order valence-electron chi connectivity index (χ1n) is 9.98. The number of imide groups is 1. The highest BCUT2D eigenvalue weighted by Gasteiger charge is 2.34. The summed E-state index contributed by atoms with van der Waals surface area (Å²) in [6, 6.07) is 14.0. The van der Waals surface area contributed by atoms with Crippen molar-refractivity contribution < 1.29 is 19.2 Å². The zero-order chi connectivity index (χ0) is 21.7. The van der Waals surface area contributed by atoms with E-state index >= 15 is 0 Å². The summed E-state index contributed by atoms with van der Waals surface area (Å²) in [5.74, 6) is -0.962. The minimum Gasteiger partial charge on any atom is -0.352 e. The van der Waals surface area contributed by atoms with Gasteiger partial charge in [-0.15, -0.1) is 0 Å². The molecule has 2 aromatic rings. The van der Waals surface area contributed by atoms with Crippen molar-refractivity contribution in [3.05, 3.63) is 65.2 Å². The van der Waals surface area contributed by atoms with Gasteiger partial charge in [-0.1, -0.05) is 38.1 Å². The Balaban J connectivity index is 1.44. The summed E-state index contributed by atoms with van der Waals surface area (Å²) < 4.78 is 0. The Kier molecular flexibility index (Phi) is 6.61. The molecule has 4 amide bonds. The number of nitrogens with zero attached hydrogens (tertiary/aromatic N) is 1. The molecule has 7 heteroatoms. The fraction of sp³-hybridized carbons (Fsp3) is 0.304. The van der Waals surface area contributed by atoms with Crippen molar-refractivity contribution >= 4 is 29.3 Å². The van der Waals surface area contributed by atoms with Crippen molar-refractivity contribution in [1.82, 2.24) is 10.2 Å². The van der Waals surface area contributed by atoms with Crippen LogP contribution >= 0.6 is 0 Å². The fourth-order valence-corrected chi connectivity index (χ4v) is 3.17. The summed E-state index contributed by atoms with van der Waals surface area (Å²) in [5.41, 5.74) is 2.38. The smallest absolute Gasteiger partial charge is 0.261 e. The van der Waals surface area contributed by atoms with Crippen LogP contribution in [0.3, 0.4) is 0 Å². The van der Waals surface area contributed by atoms with Crippen LogP contribution in [0, 0.1) is 5.92 Å². The molecule has 0 aliphatic carbocycles. The van der Waals surface area contributed by atoms with E-state index in [0.717, 1.165) is 5.56 Å². The van der Waals surface area contributed by atoms with Gasteiger partial charge in [0, 0.05) is 31.1 Å². The minimum absolute atomic E-state index is 0.0654. The second kappa shape index (κ2) is 9.35. The Morgan fingerprint density at radius 2 is 1.63 bits per heavy atom. The summed E-state index contributed by atoms with van der Waals surface area (Å²) in [6.07, 6.45) is 0.596. The lowest BCUT2D eigenvalue weighted by Gasteiger charge is -2.13. The first-order chi connectivity index (χ1) is 14.4. The van der Waals surface area contributed by atoms with E-state index < -0.39 is 0 Å². The lowest BCUT2D eigenvalue weighted by atomic mass is 10.1. The molecule has 0 spiro atoms. The number of hydrogen-bond acceptors (Lipinski definition) is 4. The molecular weight excluding hydrogens is 382 g/mol. The molecule has 1 heterocycles. The number of hydrogen-bond donors (Lipinski definition) is 2. The van der Waals surface area contributed by atoms with Gasteiger partial charge in [-0.05, 0) is 36.2 Å². The zero-order valence-electron chi connectivity index (χ0n) is 17.1. The first kappa shape index (κ1) is 21.2. The Morgan fingerprint density at radius 1 is 0.967 bits per heavy atom. The number of rotatable bonds is 8. The molecule has 3 rings (SSSR count). The van der Waals surface area contributed by atoms with Crippen molar-refractivity contribution in [3.8, 4) is 0 Å². The van der Waals surface area contributed by atoms with E-state index in [9.17, 15) is 19.2 Å². The molecule has 30 heavy (non-hydrogen) atoms. The zero-order valence-corrected chi connectivity index (χ0v) is 17.1. The van der Waals surface area contributed by atoms with Gasteiger partial charge in [0.25, 0.3) is 11.8 Å². The van der Waals surface area contributed by atoms with Gasteiger partial charge in [0.05, 0.1) is 11.1 Å². The van der Waals surface area contributed by atoms with Crippen molar-refractivity contribution in [2.75, 3.05) is 11.9 Å². The Bertz CT molecular complexity index is 949. The van der Waals surface area contributed by atoms with Gasteiger partial charge in [-0.25, -0.2) is 0 Å². The van der Waals surface area contributed by atoms with Gasteiger partial charge in [0.15, 0.2) is 0 Å². The quantitative estimate of drug-likeness (QED) is 0.658. The molecule has 0 unspecified atom stereocenters. The van der Waals surface area contributed by atoms with Crippen molar-refractivity contribution in [3.63, 3.8) is 0 Å². The van der Waals surface area contributed by atoms with Gasteiger partial charge in [0.2, 0.25) is 11.8 Å². The number of carbonyl (C=O) groups excluding carboxylic acids is 4. The molecule has 2 N–H and O–H groups in total. The van der Waals surface area contributed by atoms with Crippen LogP contribution < -0.4 is 10.6 Å². The van der Waals surface area contributed by atoms with E-state index in [1.54, 1.807) is 30.3 Å². The van der Waals surface area contributed by atoms with Crippen LogP contribution in [0.2, 0.25) is 0 Å². The van der Waals surface area contributed by atoms with E-state index in [1.807, 2.05) is 32.0 Å². The molecule has 0 radical (unpaired) electrons. The lowest BCUT2D eigenvalue weighted by Crippen LogP contribution is -2.32. The normalized spacial score (nSPS) is 12.8. The average molecular weight is 407 g/mol. The SMILES string of the molecule is CC(C)C(=O)Nc1cccc(CNC(=O)CCCN2C(=O)c3ccccc3C2=O)c1. The lowest BCUT2D eigenvalue weighted by molar-refractivity contribution is -0.121. The summed E-state index contributed by atoms with van der Waals surface area (Å²) >= 11 is 0. The summed E-state index contributed by atoms with van der Waals surface area (Å²) in [5, 5.41) is 5.66. The molecule has 156 valence electrons. The monoisotopic (exact) mass is 407 g/mol. The number of carbonyl (C=O) groups is 4. The molecule has 0 aromatic heterocycles. The summed E-state index contributed by atoms with van der Waals surface area (Å²) in [6.45, 7) is 4.18. The maximum atomic E-state index is 12.3. The first-order valence-corrected chi connectivity index (χ1v) is 9.98. The molecule has 0 bridgehead atoms. The third-order valence-electron chi connectivity index (χ3n) is 4.87. The van der Waals surface area contributed by atoms with Crippen molar-refractivity contribution in [1.29, 1.82) is 0 Å². The average Bonchev–Trinajstić information content (AvgIpc) is 2.97. The predicted molar refractivity (Wildman–Crippen MR) is 113 cm³/mol. The van der Waals surface area contributed by atoms with Crippen LogP contribution in [0.15, 0.2) is 48.5 Å². The molecule has 1 aliphatic rings. The molecule has 0 fully saturated rings. The Hall–Kier alpha value is -3.48. The van der Waals surface area contributed by atoms with Gasteiger partial charge < -0.3 is 10.6 Å². The van der Waals surface area contributed by atoms with Gasteiger partial charge >= 0.3 is 0 Å². The number of nitrogens with one attached hydrogen (secondary N) is 2. The third kappa shape index (κ3) is 4.92. The number of anilines is 1. The van der Waals surface area contributed by atoms with Crippen molar-refractivity contribution in [2.45, 2.75) is 33.2 Å². The molecule has 0 saturated heterocycles. The van der Waals surface area contributed by atoms with Gasteiger partial charge in [0.1, 0.15) is 0 Å². The fourth-order valence-electron chi connectivity index (χ4n) is 3.17. The highest BCUT2D eigenvalue weighted by atomic mass is 16.2. The van der Waals surface area contributed by atoms with Crippen LogP contribution in [0.25, 0.3) is 0 Å². The Morgan fingerprint density at radius 3 is 2.27 bits per heavy atom. The van der Waals surface area contributed by atoms with E-state index in [4.69, 9.17) is 0 Å². The van der Waals surface area contributed by atoms with Crippen LogP contribution in [-0.2, 0) is 16.1 Å². The summed E-state index contributed by atoms with van der Waals surface area (Å²) in [4.78, 5) is 49.8. The van der Waals surface area contributed by atoms with E-state index in [0.29, 0.717) is 29.8 Å².